The number of benzene rings is 1. The van der Waals surface area contributed by atoms with E-state index in [1.165, 1.54) is 0 Å². The number of nitrogens with zero attached hydrogens (tertiary/aromatic N) is 3. The number of hydrogen-bond donors (Lipinski definition) is 1. The first-order valence-corrected chi connectivity index (χ1v) is 10.5. The second-order valence-corrected chi connectivity index (χ2v) is 8.29. The number of nitrogens with one attached hydrogen (secondary N) is 1. The van der Waals surface area contributed by atoms with Gasteiger partial charge in [0.1, 0.15) is 17.4 Å². The lowest BCUT2D eigenvalue weighted by atomic mass is 9.87. The van der Waals surface area contributed by atoms with Crippen molar-refractivity contribution in [2.45, 2.75) is 31.8 Å². The van der Waals surface area contributed by atoms with Crippen LogP contribution >= 0.6 is 0 Å². The van der Waals surface area contributed by atoms with E-state index in [0.717, 1.165) is 63.1 Å². The van der Waals surface area contributed by atoms with Crippen molar-refractivity contribution in [3.8, 4) is 5.75 Å². The van der Waals surface area contributed by atoms with Crippen LogP contribution in [-0.4, -0.2) is 54.3 Å². The third-order valence-corrected chi connectivity index (χ3v) is 6.34. The first kappa shape index (κ1) is 19.1. The van der Waals surface area contributed by atoms with E-state index < -0.39 is 0 Å². The fourth-order valence-electron chi connectivity index (χ4n) is 4.61. The summed E-state index contributed by atoms with van der Waals surface area (Å²) in [7, 11) is 1.61. The van der Waals surface area contributed by atoms with E-state index in [1.54, 1.807) is 19.6 Å². The fraction of sp³-hybridized carbons (Fsp3) is 0.500. The van der Waals surface area contributed by atoms with Crippen molar-refractivity contribution < 1.29 is 19.0 Å². The molecule has 0 aliphatic carbocycles. The highest BCUT2D eigenvalue weighted by molar-refractivity contribution is 5.91. The highest BCUT2D eigenvalue weighted by Crippen LogP contribution is 2.38. The monoisotopic (exact) mass is 410 g/mol. The van der Waals surface area contributed by atoms with E-state index in [1.807, 2.05) is 23.1 Å². The number of amides is 2. The predicted molar refractivity (Wildman–Crippen MR) is 111 cm³/mol. The summed E-state index contributed by atoms with van der Waals surface area (Å²) in [6, 6.07) is 3.71. The van der Waals surface area contributed by atoms with Gasteiger partial charge in [0.25, 0.3) is 0 Å². The first-order chi connectivity index (χ1) is 14.7. The molecule has 158 valence electrons. The molecule has 30 heavy (non-hydrogen) atoms. The Labute approximate surface area is 175 Å². The summed E-state index contributed by atoms with van der Waals surface area (Å²) >= 11 is 0. The summed E-state index contributed by atoms with van der Waals surface area (Å²) < 4.78 is 16.8. The lowest BCUT2D eigenvalue weighted by molar-refractivity contribution is 0.126. The van der Waals surface area contributed by atoms with Gasteiger partial charge >= 0.3 is 6.03 Å². The number of carbonyl (C=O) groups excluding carboxylic acids is 1. The van der Waals surface area contributed by atoms with Crippen LogP contribution in [0.25, 0.3) is 11.0 Å². The number of hydrogen-bond acceptors (Lipinski definition) is 6. The lowest BCUT2D eigenvalue weighted by Crippen LogP contribution is -2.35. The number of carbonyl (C=O) groups is 1. The van der Waals surface area contributed by atoms with Crippen LogP contribution in [0.4, 0.5) is 10.6 Å². The molecule has 1 N–H and O–H groups in total. The van der Waals surface area contributed by atoms with Gasteiger partial charge in [-0.3, -0.25) is 10.3 Å². The molecule has 2 amide bonds. The number of rotatable bonds is 3. The van der Waals surface area contributed by atoms with Gasteiger partial charge in [-0.25, -0.2) is 9.78 Å². The Bertz CT molecular complexity index is 987. The largest absolute Gasteiger partial charge is 0.494 e. The Morgan fingerprint density at radius 2 is 2.27 bits per heavy atom. The standard InChI is InChI=1S/C22H26N4O4/c1-28-17-6-5-15(16-4-2-3-10-30-16)19-20(17)24-18(12-23-19)25-21(27)26-9-7-22(13-26)8-11-29-14-22/h3,5-6,10,12,16H,2,4,7-9,11,13-14H2,1H3,(H,24,25,27). The summed E-state index contributed by atoms with van der Waals surface area (Å²) in [6.45, 7) is 2.98. The van der Waals surface area contributed by atoms with Crippen molar-refractivity contribution in [2.75, 3.05) is 38.7 Å². The van der Waals surface area contributed by atoms with E-state index in [0.29, 0.717) is 17.1 Å². The van der Waals surface area contributed by atoms with Crippen LogP contribution in [0.1, 0.15) is 37.4 Å². The third-order valence-electron chi connectivity index (χ3n) is 6.34. The van der Waals surface area contributed by atoms with Crippen molar-refractivity contribution in [1.29, 1.82) is 0 Å². The minimum absolute atomic E-state index is 0.0624. The molecule has 8 heteroatoms. The molecular formula is C22H26N4O4. The van der Waals surface area contributed by atoms with Gasteiger partial charge in [0.05, 0.1) is 31.7 Å². The van der Waals surface area contributed by atoms with Crippen LogP contribution in [0.3, 0.4) is 0 Å². The number of methoxy groups -OCH3 is 1. The molecule has 4 heterocycles. The molecule has 2 atom stereocenters. The topological polar surface area (TPSA) is 85.8 Å². The molecule has 8 nitrogen and oxygen atoms in total. The van der Waals surface area contributed by atoms with Gasteiger partial charge < -0.3 is 19.1 Å². The Morgan fingerprint density at radius 3 is 3.03 bits per heavy atom. The SMILES string of the molecule is COc1ccc(C2CCC=CO2)c2ncc(NC(=O)N3CCC4(CCOC4)C3)nc12. The maximum absolute atomic E-state index is 12.8. The van der Waals surface area contributed by atoms with Gasteiger partial charge in [-0.05, 0) is 43.9 Å². The maximum atomic E-state index is 12.8. The smallest absolute Gasteiger partial charge is 0.323 e. The van der Waals surface area contributed by atoms with Crippen LogP contribution in [0.15, 0.2) is 30.7 Å². The molecule has 3 aliphatic heterocycles. The van der Waals surface area contributed by atoms with Crippen LogP contribution < -0.4 is 10.1 Å². The summed E-state index contributed by atoms with van der Waals surface area (Å²) in [5.41, 5.74) is 2.45. The molecule has 2 saturated heterocycles. The number of fused-ring (bicyclic) bond motifs is 1. The van der Waals surface area contributed by atoms with Crippen molar-refractivity contribution in [3.05, 3.63) is 36.2 Å². The Kier molecular flexibility index (Phi) is 4.94. The van der Waals surface area contributed by atoms with Gasteiger partial charge in [-0.15, -0.1) is 0 Å². The second-order valence-electron chi connectivity index (χ2n) is 8.29. The van der Waals surface area contributed by atoms with Crippen molar-refractivity contribution in [3.63, 3.8) is 0 Å². The van der Waals surface area contributed by atoms with Crippen LogP contribution in [0.2, 0.25) is 0 Å². The summed E-state index contributed by atoms with van der Waals surface area (Å²) in [6.07, 6.45) is 9.15. The van der Waals surface area contributed by atoms with Crippen LogP contribution in [0, 0.1) is 5.41 Å². The van der Waals surface area contributed by atoms with Gasteiger partial charge in [0, 0.05) is 30.7 Å². The number of allylic oxidation sites excluding steroid dienone is 1. The average Bonchev–Trinajstić information content (AvgIpc) is 3.43. The number of ether oxygens (including phenoxy) is 3. The highest BCUT2D eigenvalue weighted by atomic mass is 16.5. The molecule has 1 aromatic heterocycles. The molecule has 0 bridgehead atoms. The Hall–Kier alpha value is -2.87. The van der Waals surface area contributed by atoms with Crippen molar-refractivity contribution in [2.24, 2.45) is 5.41 Å². The summed E-state index contributed by atoms with van der Waals surface area (Å²) in [5, 5.41) is 2.91. The van der Waals surface area contributed by atoms with Gasteiger partial charge in [-0.1, -0.05) is 0 Å². The van der Waals surface area contributed by atoms with E-state index in [-0.39, 0.29) is 17.6 Å². The Balaban J connectivity index is 1.39. The van der Waals surface area contributed by atoms with Gasteiger partial charge in [0.15, 0.2) is 5.82 Å². The zero-order valence-electron chi connectivity index (χ0n) is 17.1. The van der Waals surface area contributed by atoms with E-state index in [4.69, 9.17) is 14.2 Å². The molecule has 2 unspecified atom stereocenters. The third kappa shape index (κ3) is 3.45. The maximum Gasteiger partial charge on any atom is 0.323 e. The fourth-order valence-corrected chi connectivity index (χ4v) is 4.61. The molecule has 1 aromatic carbocycles. The molecule has 0 saturated carbocycles. The molecule has 2 fully saturated rings. The molecule has 1 spiro atoms. The summed E-state index contributed by atoms with van der Waals surface area (Å²) in [5.74, 6) is 1.03. The number of urea groups is 1. The zero-order valence-corrected chi connectivity index (χ0v) is 17.1. The van der Waals surface area contributed by atoms with Gasteiger partial charge in [-0.2, -0.15) is 0 Å². The normalized spacial score (nSPS) is 25.6. The average molecular weight is 410 g/mol. The second kappa shape index (κ2) is 7.75. The molecule has 2 aromatic rings. The quantitative estimate of drug-likeness (QED) is 0.831. The van der Waals surface area contributed by atoms with Crippen LogP contribution in [0.5, 0.6) is 5.75 Å². The van der Waals surface area contributed by atoms with Crippen LogP contribution in [-0.2, 0) is 9.47 Å². The number of likely N-dealkylation sites (tertiary alicyclic amines) is 1. The van der Waals surface area contributed by atoms with Crippen molar-refractivity contribution in [1.82, 2.24) is 14.9 Å². The van der Waals surface area contributed by atoms with E-state index >= 15 is 0 Å². The number of aromatic nitrogens is 2. The highest BCUT2D eigenvalue weighted by Gasteiger charge is 2.42. The molecule has 3 aliphatic rings. The van der Waals surface area contributed by atoms with Gasteiger partial charge in [0.2, 0.25) is 0 Å². The van der Waals surface area contributed by atoms with E-state index in [9.17, 15) is 4.79 Å². The summed E-state index contributed by atoms with van der Waals surface area (Å²) in [4.78, 5) is 23.9. The molecular weight excluding hydrogens is 384 g/mol. The minimum Gasteiger partial charge on any atom is -0.494 e. The predicted octanol–water partition coefficient (Wildman–Crippen LogP) is 3.65. The van der Waals surface area contributed by atoms with Crippen molar-refractivity contribution >= 4 is 22.9 Å². The minimum atomic E-state index is -0.150. The lowest BCUT2D eigenvalue weighted by Gasteiger charge is -2.22. The first-order valence-electron chi connectivity index (χ1n) is 10.5. The zero-order chi connectivity index (χ0) is 20.6. The number of anilines is 1. The van der Waals surface area contributed by atoms with E-state index in [2.05, 4.69) is 15.3 Å². The molecule has 0 radical (unpaired) electrons. The molecule has 5 rings (SSSR count). The Morgan fingerprint density at radius 1 is 1.33 bits per heavy atom.